The van der Waals surface area contributed by atoms with Gasteiger partial charge in [-0.3, -0.25) is 9.52 Å². The zero-order valence-corrected chi connectivity index (χ0v) is 18.4. The molecule has 2 aromatic carbocycles. The van der Waals surface area contributed by atoms with Crippen molar-refractivity contribution in [2.24, 2.45) is 5.92 Å². The molecule has 6 heteroatoms. The van der Waals surface area contributed by atoms with Gasteiger partial charge in [-0.15, -0.1) is 0 Å². The highest BCUT2D eigenvalue weighted by Crippen LogP contribution is 2.26. The Balaban J connectivity index is 1.82. The number of rotatable bonds is 9. The largest absolute Gasteiger partial charge is 0.347 e. The summed E-state index contributed by atoms with van der Waals surface area (Å²) in [5.41, 5.74) is 3.98. The third-order valence-electron chi connectivity index (χ3n) is 4.56. The molecule has 0 saturated carbocycles. The van der Waals surface area contributed by atoms with Crippen LogP contribution < -0.4 is 10.0 Å². The minimum Gasteiger partial charge on any atom is -0.347 e. The summed E-state index contributed by atoms with van der Waals surface area (Å²) in [5, 5.41) is 4.28. The van der Waals surface area contributed by atoms with Gasteiger partial charge in [0.05, 0.1) is 5.52 Å². The standard InChI is InChI=1S/C23H30N4OS/c1-17(2)15-27-16-19(12-13-24-29-26(3)4)21-11-10-20(14-22(21)27)25-23(28)18-8-6-5-7-9-18/h5-11,14,16-17,24H,12-13,15H2,1-4H3,(H,25,28). The first-order valence-corrected chi connectivity index (χ1v) is 10.8. The van der Waals surface area contributed by atoms with Crippen LogP contribution in [-0.4, -0.2) is 35.4 Å². The van der Waals surface area contributed by atoms with Gasteiger partial charge in [0.2, 0.25) is 0 Å². The third kappa shape index (κ3) is 5.85. The molecule has 0 radical (unpaired) electrons. The lowest BCUT2D eigenvalue weighted by molar-refractivity contribution is 0.102. The quantitative estimate of drug-likeness (QED) is 0.393. The van der Waals surface area contributed by atoms with Crippen LogP contribution >= 0.6 is 12.1 Å². The molecule has 29 heavy (non-hydrogen) atoms. The maximum absolute atomic E-state index is 12.5. The molecule has 0 spiro atoms. The summed E-state index contributed by atoms with van der Waals surface area (Å²) in [5.74, 6) is 0.459. The van der Waals surface area contributed by atoms with E-state index in [-0.39, 0.29) is 5.91 Å². The van der Waals surface area contributed by atoms with E-state index in [2.05, 4.69) is 46.8 Å². The van der Waals surface area contributed by atoms with Crippen molar-refractivity contribution in [3.63, 3.8) is 0 Å². The fourth-order valence-electron chi connectivity index (χ4n) is 3.34. The van der Waals surface area contributed by atoms with E-state index in [0.29, 0.717) is 11.5 Å². The molecular formula is C23H30N4OS. The van der Waals surface area contributed by atoms with E-state index in [4.69, 9.17) is 0 Å². The van der Waals surface area contributed by atoms with Crippen LogP contribution in [0, 0.1) is 5.92 Å². The van der Waals surface area contributed by atoms with Crippen molar-refractivity contribution < 1.29 is 4.79 Å². The van der Waals surface area contributed by atoms with Gasteiger partial charge in [0.15, 0.2) is 0 Å². The second-order valence-electron chi connectivity index (χ2n) is 7.80. The summed E-state index contributed by atoms with van der Waals surface area (Å²) < 4.78 is 7.74. The molecule has 1 aromatic heterocycles. The van der Waals surface area contributed by atoms with Crippen molar-refractivity contribution >= 4 is 34.6 Å². The Bertz CT molecular complexity index is 950. The minimum absolute atomic E-state index is 0.0861. The molecule has 0 aliphatic rings. The number of amides is 1. The number of anilines is 1. The maximum atomic E-state index is 12.5. The zero-order valence-electron chi connectivity index (χ0n) is 17.6. The number of carbonyl (C=O) groups excluding carboxylic acids is 1. The molecule has 0 unspecified atom stereocenters. The molecule has 1 amide bonds. The van der Waals surface area contributed by atoms with Crippen LogP contribution in [-0.2, 0) is 13.0 Å². The lowest BCUT2D eigenvalue weighted by atomic mass is 10.1. The highest BCUT2D eigenvalue weighted by molar-refractivity contribution is 7.95. The summed E-state index contributed by atoms with van der Waals surface area (Å²) in [7, 11) is 4.05. The monoisotopic (exact) mass is 410 g/mol. The zero-order chi connectivity index (χ0) is 20.8. The summed E-state index contributed by atoms with van der Waals surface area (Å²) in [6.07, 6.45) is 3.22. The van der Waals surface area contributed by atoms with Crippen molar-refractivity contribution in [1.29, 1.82) is 0 Å². The SMILES string of the molecule is CC(C)Cn1cc(CCNSN(C)C)c2ccc(NC(=O)c3ccccc3)cc21. The Kier molecular flexibility index (Phi) is 7.36. The number of hydrogen-bond donors (Lipinski definition) is 2. The molecule has 0 aliphatic carbocycles. The van der Waals surface area contributed by atoms with Gasteiger partial charge in [-0.1, -0.05) is 38.1 Å². The maximum Gasteiger partial charge on any atom is 0.255 e. The second-order valence-corrected chi connectivity index (χ2v) is 9.00. The van der Waals surface area contributed by atoms with E-state index in [1.54, 1.807) is 12.1 Å². The molecule has 0 atom stereocenters. The Morgan fingerprint density at radius 3 is 2.59 bits per heavy atom. The normalized spacial score (nSPS) is 11.5. The number of benzene rings is 2. The van der Waals surface area contributed by atoms with Crippen LogP contribution in [0.1, 0.15) is 29.8 Å². The molecule has 3 aromatic rings. The topological polar surface area (TPSA) is 49.3 Å². The highest BCUT2D eigenvalue weighted by atomic mass is 32.2. The molecule has 0 aliphatic heterocycles. The van der Waals surface area contributed by atoms with Crippen LogP contribution in [0.5, 0.6) is 0 Å². The van der Waals surface area contributed by atoms with Gasteiger partial charge in [0.1, 0.15) is 0 Å². The van der Waals surface area contributed by atoms with Gasteiger partial charge in [-0.2, -0.15) is 0 Å². The van der Waals surface area contributed by atoms with Crippen LogP contribution in [0.25, 0.3) is 10.9 Å². The average molecular weight is 411 g/mol. The fourth-order valence-corrected chi connectivity index (χ4v) is 3.79. The molecule has 5 nitrogen and oxygen atoms in total. The van der Waals surface area contributed by atoms with Crippen LogP contribution in [0.4, 0.5) is 5.69 Å². The van der Waals surface area contributed by atoms with Crippen molar-refractivity contribution in [2.75, 3.05) is 26.0 Å². The molecule has 154 valence electrons. The molecular weight excluding hydrogens is 380 g/mol. The van der Waals surface area contributed by atoms with Crippen molar-refractivity contribution in [3.05, 3.63) is 65.9 Å². The van der Waals surface area contributed by atoms with Gasteiger partial charge in [-0.25, -0.2) is 4.31 Å². The Morgan fingerprint density at radius 1 is 1.14 bits per heavy atom. The van der Waals surface area contributed by atoms with E-state index < -0.39 is 0 Å². The Labute approximate surface area is 177 Å². The van der Waals surface area contributed by atoms with E-state index >= 15 is 0 Å². The Hall–Kier alpha value is -2.28. The van der Waals surface area contributed by atoms with E-state index in [0.717, 1.165) is 25.2 Å². The van der Waals surface area contributed by atoms with E-state index in [9.17, 15) is 4.79 Å². The number of fused-ring (bicyclic) bond motifs is 1. The van der Waals surface area contributed by atoms with Crippen LogP contribution in [0.2, 0.25) is 0 Å². The van der Waals surface area contributed by atoms with Gasteiger partial charge in [0, 0.05) is 48.1 Å². The molecule has 0 fully saturated rings. The van der Waals surface area contributed by atoms with Gasteiger partial charge in [-0.05, 0) is 56.3 Å². The predicted octanol–water partition coefficient (Wildman–Crippen LogP) is 4.81. The molecule has 3 rings (SSSR count). The highest BCUT2D eigenvalue weighted by Gasteiger charge is 2.12. The minimum atomic E-state index is -0.0861. The van der Waals surface area contributed by atoms with Crippen molar-refractivity contribution in [3.8, 4) is 0 Å². The summed E-state index contributed by atoms with van der Waals surface area (Å²) in [4.78, 5) is 12.5. The second kappa shape index (κ2) is 9.96. The summed E-state index contributed by atoms with van der Waals surface area (Å²) in [6.45, 7) is 6.30. The summed E-state index contributed by atoms with van der Waals surface area (Å²) in [6, 6.07) is 15.5. The predicted molar refractivity (Wildman–Crippen MR) is 124 cm³/mol. The van der Waals surface area contributed by atoms with Gasteiger partial charge in [0.25, 0.3) is 5.91 Å². The first-order chi connectivity index (χ1) is 13.9. The van der Waals surface area contributed by atoms with E-state index in [1.807, 2.05) is 54.8 Å². The fraction of sp³-hybridized carbons (Fsp3) is 0.348. The first kappa shape index (κ1) is 21.4. The third-order valence-corrected chi connectivity index (χ3v) is 5.26. The number of nitrogens with zero attached hydrogens (tertiary/aromatic N) is 2. The number of hydrogen-bond acceptors (Lipinski definition) is 4. The molecule has 1 heterocycles. The number of aromatic nitrogens is 1. The van der Waals surface area contributed by atoms with Crippen LogP contribution in [0.15, 0.2) is 54.7 Å². The average Bonchev–Trinajstić information content (AvgIpc) is 3.02. The molecule has 2 N–H and O–H groups in total. The smallest absolute Gasteiger partial charge is 0.255 e. The van der Waals surface area contributed by atoms with Gasteiger partial charge < -0.3 is 9.88 Å². The first-order valence-electron chi connectivity index (χ1n) is 9.99. The lowest BCUT2D eigenvalue weighted by Gasteiger charge is -2.10. The Morgan fingerprint density at radius 2 is 1.90 bits per heavy atom. The number of carbonyl (C=O) groups is 1. The van der Waals surface area contributed by atoms with E-state index in [1.165, 1.54) is 16.5 Å². The molecule has 0 saturated heterocycles. The van der Waals surface area contributed by atoms with Crippen LogP contribution in [0.3, 0.4) is 0 Å². The van der Waals surface area contributed by atoms with Gasteiger partial charge >= 0.3 is 0 Å². The molecule has 0 bridgehead atoms. The number of nitrogens with one attached hydrogen (secondary N) is 2. The lowest BCUT2D eigenvalue weighted by Crippen LogP contribution is -2.15. The van der Waals surface area contributed by atoms with Crippen molar-refractivity contribution in [2.45, 2.75) is 26.8 Å². The summed E-state index contributed by atoms with van der Waals surface area (Å²) >= 11 is 1.61. The van der Waals surface area contributed by atoms with Crippen molar-refractivity contribution in [1.82, 2.24) is 13.6 Å².